The highest BCUT2D eigenvalue weighted by molar-refractivity contribution is 5.94. The number of phenols is 1. The Bertz CT molecular complexity index is 967. The van der Waals surface area contributed by atoms with Gasteiger partial charge in [0.15, 0.2) is 0 Å². The Morgan fingerprint density at radius 2 is 1.31 bits per heavy atom. The number of aliphatic hydroxyl groups excluding tert-OH is 1. The average Bonchev–Trinajstić information content (AvgIpc) is 2.80. The van der Waals surface area contributed by atoms with Crippen LogP contribution in [0.1, 0.15) is 24.8 Å². The standard InChI is InChI=1S/C21H28N4O11/c22-12(7-10-1-3-11(27)4-2-10)18(32)25-15(9-26)20(34)23-13(5-6-16(28)29)19(33)24-14(21(35)36)8-17(30)31/h1-4,12-15,26-27H,5-9,22H2,(H,23,34)(H,24,33)(H,25,32)(H,28,29)(H,30,31)(H,35,36). The van der Waals surface area contributed by atoms with Crippen LogP contribution >= 0.6 is 0 Å². The summed E-state index contributed by atoms with van der Waals surface area (Å²) in [6, 6.07) is -0.410. The first-order valence-electron chi connectivity index (χ1n) is 10.6. The molecule has 0 aliphatic carbocycles. The minimum Gasteiger partial charge on any atom is -0.508 e. The zero-order chi connectivity index (χ0) is 27.4. The number of carbonyl (C=O) groups is 6. The number of nitrogens with one attached hydrogen (secondary N) is 3. The predicted molar refractivity (Wildman–Crippen MR) is 119 cm³/mol. The van der Waals surface area contributed by atoms with E-state index in [-0.39, 0.29) is 12.2 Å². The Hall–Kier alpha value is -4.24. The molecule has 1 rings (SSSR count). The lowest BCUT2D eigenvalue weighted by atomic mass is 10.1. The summed E-state index contributed by atoms with van der Waals surface area (Å²) in [6.45, 7) is -0.923. The minimum atomic E-state index is -1.86. The van der Waals surface area contributed by atoms with Gasteiger partial charge >= 0.3 is 17.9 Å². The smallest absolute Gasteiger partial charge is 0.326 e. The first-order valence-corrected chi connectivity index (χ1v) is 10.6. The van der Waals surface area contributed by atoms with E-state index >= 15 is 0 Å². The van der Waals surface area contributed by atoms with Gasteiger partial charge in [-0.3, -0.25) is 24.0 Å². The lowest BCUT2D eigenvalue weighted by molar-refractivity contribution is -0.147. The van der Waals surface area contributed by atoms with Crippen LogP contribution in [-0.2, 0) is 35.2 Å². The maximum Gasteiger partial charge on any atom is 0.326 e. The van der Waals surface area contributed by atoms with Crippen LogP contribution in [-0.4, -0.2) is 91.9 Å². The van der Waals surface area contributed by atoms with E-state index in [2.05, 4.69) is 10.6 Å². The number of phenolic OH excluding ortho intramolecular Hbond substituents is 1. The minimum absolute atomic E-state index is 0.00733. The van der Waals surface area contributed by atoms with Crippen LogP contribution in [0.5, 0.6) is 5.75 Å². The number of hydrogen-bond donors (Lipinski definition) is 9. The highest BCUT2D eigenvalue weighted by Gasteiger charge is 2.31. The van der Waals surface area contributed by atoms with E-state index < -0.39 is 85.7 Å². The number of rotatable bonds is 15. The second-order valence-electron chi connectivity index (χ2n) is 7.71. The Morgan fingerprint density at radius 1 is 0.778 bits per heavy atom. The van der Waals surface area contributed by atoms with Crippen molar-refractivity contribution in [3.63, 3.8) is 0 Å². The lowest BCUT2D eigenvalue weighted by Crippen LogP contribution is -2.58. The second-order valence-corrected chi connectivity index (χ2v) is 7.71. The van der Waals surface area contributed by atoms with Gasteiger partial charge in [0.05, 0.1) is 19.1 Å². The number of nitrogens with two attached hydrogens (primary N) is 1. The number of carboxylic acid groups (broad SMARTS) is 3. The van der Waals surface area contributed by atoms with E-state index in [0.717, 1.165) is 0 Å². The molecule has 36 heavy (non-hydrogen) atoms. The summed E-state index contributed by atoms with van der Waals surface area (Å²) in [7, 11) is 0. The predicted octanol–water partition coefficient (Wildman–Crippen LogP) is -2.87. The van der Waals surface area contributed by atoms with Gasteiger partial charge in [0.1, 0.15) is 23.9 Å². The van der Waals surface area contributed by atoms with Gasteiger partial charge in [-0.1, -0.05) is 12.1 Å². The molecule has 1 aromatic carbocycles. The summed E-state index contributed by atoms with van der Waals surface area (Å²) in [5.41, 5.74) is 6.42. The summed E-state index contributed by atoms with van der Waals surface area (Å²) in [5.74, 6) is -7.64. The number of hydrogen-bond acceptors (Lipinski definition) is 9. The molecule has 0 saturated heterocycles. The number of aliphatic carboxylic acids is 3. The molecule has 0 bridgehead atoms. The number of carboxylic acids is 3. The van der Waals surface area contributed by atoms with Crippen LogP contribution in [0.3, 0.4) is 0 Å². The summed E-state index contributed by atoms with van der Waals surface area (Å²) in [5, 5.41) is 51.9. The van der Waals surface area contributed by atoms with Crippen molar-refractivity contribution < 1.29 is 54.3 Å². The Labute approximate surface area is 204 Å². The van der Waals surface area contributed by atoms with Crippen molar-refractivity contribution in [1.82, 2.24) is 16.0 Å². The Morgan fingerprint density at radius 3 is 1.81 bits per heavy atom. The average molecular weight is 512 g/mol. The molecule has 198 valence electrons. The molecule has 0 fully saturated rings. The fraction of sp³-hybridized carbons (Fsp3) is 0.429. The topological polar surface area (TPSA) is 266 Å². The number of carbonyl (C=O) groups excluding carboxylic acids is 3. The van der Waals surface area contributed by atoms with Gasteiger partial charge in [0, 0.05) is 6.42 Å². The normalized spacial score (nSPS) is 13.9. The van der Waals surface area contributed by atoms with E-state index in [0.29, 0.717) is 5.56 Å². The van der Waals surface area contributed by atoms with Crippen LogP contribution in [0.2, 0.25) is 0 Å². The maximum absolute atomic E-state index is 12.6. The Kier molecular flexibility index (Phi) is 11.8. The molecule has 0 aliphatic heterocycles. The lowest BCUT2D eigenvalue weighted by Gasteiger charge is -2.24. The van der Waals surface area contributed by atoms with Crippen LogP contribution < -0.4 is 21.7 Å². The number of aliphatic hydroxyl groups is 1. The quantitative estimate of drug-likeness (QED) is 0.115. The number of aromatic hydroxyl groups is 1. The molecule has 10 N–H and O–H groups in total. The highest BCUT2D eigenvalue weighted by atomic mass is 16.4. The van der Waals surface area contributed by atoms with Gasteiger partial charge in [-0.15, -0.1) is 0 Å². The van der Waals surface area contributed by atoms with Crippen LogP contribution in [0.4, 0.5) is 0 Å². The molecule has 15 nitrogen and oxygen atoms in total. The third-order valence-corrected chi connectivity index (χ3v) is 4.82. The van der Waals surface area contributed by atoms with Crippen molar-refractivity contribution >= 4 is 35.6 Å². The molecule has 1 aromatic rings. The third kappa shape index (κ3) is 10.4. The van der Waals surface area contributed by atoms with Gasteiger partial charge in [-0.05, 0) is 30.5 Å². The fourth-order valence-electron chi connectivity index (χ4n) is 2.91. The van der Waals surface area contributed by atoms with E-state index in [1.807, 2.05) is 5.32 Å². The molecule has 0 radical (unpaired) electrons. The molecule has 3 amide bonds. The third-order valence-electron chi connectivity index (χ3n) is 4.82. The summed E-state index contributed by atoms with van der Waals surface area (Å²) >= 11 is 0. The van der Waals surface area contributed by atoms with Crippen LogP contribution in [0.25, 0.3) is 0 Å². The van der Waals surface area contributed by atoms with Crippen molar-refractivity contribution in [3.05, 3.63) is 29.8 Å². The zero-order valence-corrected chi connectivity index (χ0v) is 18.9. The van der Waals surface area contributed by atoms with E-state index in [1.165, 1.54) is 24.3 Å². The monoisotopic (exact) mass is 512 g/mol. The molecule has 15 heteroatoms. The molecule has 0 aromatic heterocycles. The SMILES string of the molecule is NC(Cc1ccc(O)cc1)C(=O)NC(CO)C(=O)NC(CCC(=O)O)C(=O)NC(CC(=O)O)C(=O)O. The van der Waals surface area contributed by atoms with E-state index in [4.69, 9.17) is 21.1 Å². The summed E-state index contributed by atoms with van der Waals surface area (Å²) in [4.78, 5) is 70.4. The molecule has 0 aliphatic rings. The van der Waals surface area contributed by atoms with Crippen molar-refractivity contribution in [3.8, 4) is 5.75 Å². The Balaban J connectivity index is 2.88. The first kappa shape index (κ1) is 29.8. The molecule has 4 unspecified atom stereocenters. The second kappa shape index (κ2) is 14.2. The molecule has 0 heterocycles. The van der Waals surface area contributed by atoms with Gasteiger partial charge in [0.2, 0.25) is 17.7 Å². The first-order chi connectivity index (χ1) is 16.8. The maximum atomic E-state index is 12.6. The molecule has 0 saturated carbocycles. The van der Waals surface area contributed by atoms with E-state index in [1.54, 1.807) is 0 Å². The molecular formula is C21H28N4O11. The molecule has 4 atom stereocenters. The van der Waals surface area contributed by atoms with E-state index in [9.17, 15) is 39.0 Å². The fourth-order valence-corrected chi connectivity index (χ4v) is 2.91. The van der Waals surface area contributed by atoms with Crippen molar-refractivity contribution in [1.29, 1.82) is 0 Å². The van der Waals surface area contributed by atoms with Gasteiger partial charge in [-0.25, -0.2) is 4.79 Å². The molecular weight excluding hydrogens is 484 g/mol. The van der Waals surface area contributed by atoms with Gasteiger partial charge in [0.25, 0.3) is 0 Å². The van der Waals surface area contributed by atoms with Crippen LogP contribution in [0, 0.1) is 0 Å². The number of benzene rings is 1. The van der Waals surface area contributed by atoms with Gasteiger partial charge < -0.3 is 47.2 Å². The van der Waals surface area contributed by atoms with Crippen LogP contribution in [0.15, 0.2) is 24.3 Å². The number of amides is 3. The van der Waals surface area contributed by atoms with Crippen molar-refractivity contribution in [2.45, 2.75) is 49.9 Å². The zero-order valence-electron chi connectivity index (χ0n) is 18.9. The van der Waals surface area contributed by atoms with Gasteiger partial charge in [-0.2, -0.15) is 0 Å². The van der Waals surface area contributed by atoms with Crippen molar-refractivity contribution in [2.24, 2.45) is 5.73 Å². The largest absolute Gasteiger partial charge is 0.508 e. The van der Waals surface area contributed by atoms with Crippen molar-refractivity contribution in [2.75, 3.05) is 6.61 Å². The molecule has 0 spiro atoms. The summed E-state index contributed by atoms with van der Waals surface area (Å²) < 4.78 is 0. The highest BCUT2D eigenvalue weighted by Crippen LogP contribution is 2.11. The summed E-state index contributed by atoms with van der Waals surface area (Å²) in [6.07, 6.45) is -2.08.